The van der Waals surface area contributed by atoms with Gasteiger partial charge in [-0.2, -0.15) is 0 Å². The summed E-state index contributed by atoms with van der Waals surface area (Å²) in [5, 5.41) is 0. The highest BCUT2D eigenvalue weighted by Crippen LogP contribution is 2.36. The van der Waals surface area contributed by atoms with Crippen molar-refractivity contribution in [2.75, 3.05) is 7.11 Å². The molecule has 0 saturated heterocycles. The Morgan fingerprint density at radius 1 is 1.13 bits per heavy atom. The van der Waals surface area contributed by atoms with Gasteiger partial charge in [0.25, 0.3) is 0 Å². The third kappa shape index (κ3) is 3.18. The van der Waals surface area contributed by atoms with E-state index in [-0.39, 0.29) is 6.04 Å². The van der Waals surface area contributed by atoms with Crippen molar-refractivity contribution in [1.29, 1.82) is 0 Å². The summed E-state index contributed by atoms with van der Waals surface area (Å²) in [5.41, 5.74) is 6.28. The molecule has 0 aromatic carbocycles. The van der Waals surface area contributed by atoms with Crippen molar-refractivity contribution in [3.05, 3.63) is 0 Å². The molecule has 88 valence electrons. The fourth-order valence-corrected chi connectivity index (χ4v) is 3.05. The minimum Gasteiger partial charge on any atom is -0.380 e. The van der Waals surface area contributed by atoms with Crippen LogP contribution in [0, 0.1) is 11.8 Å². The van der Waals surface area contributed by atoms with Crippen molar-refractivity contribution in [1.82, 2.24) is 0 Å². The summed E-state index contributed by atoms with van der Waals surface area (Å²) < 4.78 is 5.66. The van der Waals surface area contributed by atoms with Gasteiger partial charge in [-0.3, -0.25) is 0 Å². The van der Waals surface area contributed by atoms with E-state index in [1.807, 2.05) is 7.11 Å². The smallest absolute Gasteiger partial charge is 0.0750 e. The molecule has 0 bridgehead atoms. The molecule has 0 aliphatic heterocycles. The summed E-state index contributed by atoms with van der Waals surface area (Å²) in [5.74, 6) is 1.65. The van der Waals surface area contributed by atoms with Crippen molar-refractivity contribution in [3.8, 4) is 0 Å². The van der Waals surface area contributed by atoms with Crippen molar-refractivity contribution in [3.63, 3.8) is 0 Å². The molecule has 0 radical (unpaired) electrons. The van der Waals surface area contributed by atoms with Crippen LogP contribution in [0.1, 0.15) is 51.4 Å². The van der Waals surface area contributed by atoms with E-state index >= 15 is 0 Å². The zero-order valence-corrected chi connectivity index (χ0v) is 9.95. The largest absolute Gasteiger partial charge is 0.380 e. The second kappa shape index (κ2) is 5.31. The molecule has 0 amide bonds. The molecule has 0 aromatic heterocycles. The number of hydrogen-bond acceptors (Lipinski definition) is 2. The number of methoxy groups -OCH3 is 1. The lowest BCUT2D eigenvalue weighted by atomic mass is 9.81. The van der Waals surface area contributed by atoms with E-state index in [2.05, 4.69) is 0 Å². The van der Waals surface area contributed by atoms with E-state index in [0.717, 1.165) is 11.8 Å². The quantitative estimate of drug-likeness (QED) is 0.759. The van der Waals surface area contributed by atoms with Gasteiger partial charge in [0.1, 0.15) is 0 Å². The van der Waals surface area contributed by atoms with Gasteiger partial charge in [-0.25, -0.2) is 0 Å². The molecule has 2 saturated carbocycles. The van der Waals surface area contributed by atoms with Gasteiger partial charge in [0, 0.05) is 13.2 Å². The van der Waals surface area contributed by atoms with Crippen LogP contribution in [0.5, 0.6) is 0 Å². The van der Waals surface area contributed by atoms with Gasteiger partial charge in [-0.15, -0.1) is 0 Å². The van der Waals surface area contributed by atoms with Crippen molar-refractivity contribution >= 4 is 0 Å². The van der Waals surface area contributed by atoms with Crippen LogP contribution in [0.3, 0.4) is 0 Å². The normalized spacial score (nSPS) is 27.6. The maximum absolute atomic E-state index is 6.28. The summed E-state index contributed by atoms with van der Waals surface area (Å²) in [6, 6.07) is 0.283. The standard InChI is InChI=1S/C13H25NO/c1-15-13(11-5-3-2-4-6-11)12(14)9-10-7-8-10/h10-13H,2-9,14H2,1H3. The fraction of sp³-hybridized carbons (Fsp3) is 1.00. The monoisotopic (exact) mass is 211 g/mol. The summed E-state index contributed by atoms with van der Waals surface area (Å²) >= 11 is 0. The van der Waals surface area contributed by atoms with E-state index in [9.17, 15) is 0 Å². The Hall–Kier alpha value is -0.0800. The van der Waals surface area contributed by atoms with Crippen molar-refractivity contribution in [2.24, 2.45) is 17.6 Å². The first-order chi connectivity index (χ1) is 7.31. The van der Waals surface area contributed by atoms with E-state index in [4.69, 9.17) is 10.5 Å². The molecule has 2 heteroatoms. The molecule has 2 nitrogen and oxygen atoms in total. The van der Waals surface area contributed by atoms with Crippen LogP contribution < -0.4 is 5.73 Å². The second-order valence-corrected chi connectivity index (χ2v) is 5.44. The van der Waals surface area contributed by atoms with E-state index < -0.39 is 0 Å². The lowest BCUT2D eigenvalue weighted by molar-refractivity contribution is 0.0147. The summed E-state index contributed by atoms with van der Waals surface area (Å²) in [6.07, 6.45) is 11.1. The van der Waals surface area contributed by atoms with Gasteiger partial charge < -0.3 is 10.5 Å². The Morgan fingerprint density at radius 2 is 1.80 bits per heavy atom. The van der Waals surface area contributed by atoms with Gasteiger partial charge in [0.15, 0.2) is 0 Å². The highest BCUT2D eigenvalue weighted by atomic mass is 16.5. The van der Waals surface area contributed by atoms with Crippen LogP contribution in [0.4, 0.5) is 0 Å². The molecule has 2 rings (SSSR count). The molecule has 0 spiro atoms. The first-order valence-electron chi connectivity index (χ1n) is 6.59. The number of ether oxygens (including phenoxy) is 1. The van der Waals surface area contributed by atoms with Crippen LogP contribution in [-0.2, 0) is 4.74 Å². The van der Waals surface area contributed by atoms with Gasteiger partial charge in [-0.1, -0.05) is 32.1 Å². The number of rotatable bonds is 5. The predicted molar refractivity (Wildman–Crippen MR) is 62.7 cm³/mol. The molecular formula is C13H25NO. The molecule has 2 aliphatic rings. The van der Waals surface area contributed by atoms with Crippen LogP contribution in [0.2, 0.25) is 0 Å². The molecule has 2 fully saturated rings. The predicted octanol–water partition coefficient (Wildman–Crippen LogP) is 2.71. The Morgan fingerprint density at radius 3 is 2.33 bits per heavy atom. The fourth-order valence-electron chi connectivity index (χ4n) is 3.05. The molecular weight excluding hydrogens is 186 g/mol. The average molecular weight is 211 g/mol. The first kappa shape index (κ1) is 11.4. The van der Waals surface area contributed by atoms with Crippen molar-refractivity contribution in [2.45, 2.75) is 63.5 Å². The van der Waals surface area contributed by atoms with Gasteiger partial charge in [0.2, 0.25) is 0 Å². The van der Waals surface area contributed by atoms with Crippen LogP contribution >= 0.6 is 0 Å². The Kier molecular flexibility index (Phi) is 4.04. The lowest BCUT2D eigenvalue weighted by Gasteiger charge is -2.33. The van der Waals surface area contributed by atoms with E-state index in [0.29, 0.717) is 6.10 Å². The zero-order chi connectivity index (χ0) is 10.7. The maximum atomic E-state index is 6.28. The molecule has 2 aliphatic carbocycles. The lowest BCUT2D eigenvalue weighted by Crippen LogP contribution is -2.42. The minimum atomic E-state index is 0.283. The molecule has 2 N–H and O–H groups in total. The summed E-state index contributed by atoms with van der Waals surface area (Å²) in [6.45, 7) is 0. The highest BCUT2D eigenvalue weighted by molar-refractivity contribution is 4.87. The summed E-state index contributed by atoms with van der Waals surface area (Å²) in [4.78, 5) is 0. The third-order valence-corrected chi connectivity index (χ3v) is 4.11. The van der Waals surface area contributed by atoms with Crippen molar-refractivity contribution < 1.29 is 4.74 Å². The molecule has 2 unspecified atom stereocenters. The van der Waals surface area contributed by atoms with Crippen LogP contribution in [-0.4, -0.2) is 19.3 Å². The Balaban J connectivity index is 1.82. The van der Waals surface area contributed by atoms with Gasteiger partial charge >= 0.3 is 0 Å². The van der Waals surface area contributed by atoms with Gasteiger partial charge in [0.05, 0.1) is 6.10 Å². The molecule has 2 atom stereocenters. The van der Waals surface area contributed by atoms with Gasteiger partial charge in [-0.05, 0) is 31.1 Å². The van der Waals surface area contributed by atoms with Crippen LogP contribution in [0.25, 0.3) is 0 Å². The first-order valence-corrected chi connectivity index (χ1v) is 6.59. The molecule has 0 heterocycles. The Bertz CT molecular complexity index is 185. The topological polar surface area (TPSA) is 35.2 Å². The highest BCUT2D eigenvalue weighted by Gasteiger charge is 2.32. The minimum absolute atomic E-state index is 0.283. The average Bonchev–Trinajstić information content (AvgIpc) is 3.04. The maximum Gasteiger partial charge on any atom is 0.0750 e. The molecule has 0 aromatic rings. The van der Waals surface area contributed by atoms with E-state index in [1.54, 1.807) is 0 Å². The number of hydrogen-bond donors (Lipinski definition) is 1. The number of nitrogens with two attached hydrogens (primary N) is 1. The third-order valence-electron chi connectivity index (χ3n) is 4.11. The molecule has 15 heavy (non-hydrogen) atoms. The second-order valence-electron chi connectivity index (χ2n) is 5.44. The van der Waals surface area contributed by atoms with E-state index in [1.165, 1.54) is 51.4 Å². The van der Waals surface area contributed by atoms with Crippen LogP contribution in [0.15, 0.2) is 0 Å². The Labute approximate surface area is 93.6 Å². The summed E-state index contributed by atoms with van der Waals surface area (Å²) in [7, 11) is 1.84. The zero-order valence-electron chi connectivity index (χ0n) is 9.95. The SMILES string of the molecule is COC(C(N)CC1CC1)C1CCCCC1.